The summed E-state index contributed by atoms with van der Waals surface area (Å²) >= 11 is 11.8. The summed E-state index contributed by atoms with van der Waals surface area (Å²) in [7, 11) is 0. The number of hydrogen-bond donors (Lipinski definition) is 1. The first-order valence-corrected chi connectivity index (χ1v) is 4.98. The van der Waals surface area contributed by atoms with Crippen molar-refractivity contribution < 1.29 is 0 Å². The molecule has 1 aromatic carbocycles. The lowest BCUT2D eigenvalue weighted by Gasteiger charge is -2.05. The number of anilines is 1. The lowest BCUT2D eigenvalue weighted by atomic mass is 10.3. The molecule has 0 atom stereocenters. The predicted molar refractivity (Wildman–Crippen MR) is 60.5 cm³/mol. The standard InChI is InChI=1S/C9H8Cl2N4/c1-5-13-9(12)14-15(5)8-3-2-6(10)4-7(8)11/h2-4H,1H3,(H2,12,14). The van der Waals surface area contributed by atoms with Crippen molar-refractivity contribution in [1.29, 1.82) is 0 Å². The maximum Gasteiger partial charge on any atom is 0.240 e. The molecule has 0 fully saturated rings. The van der Waals surface area contributed by atoms with Gasteiger partial charge in [0.05, 0.1) is 10.7 Å². The smallest absolute Gasteiger partial charge is 0.240 e. The van der Waals surface area contributed by atoms with Crippen molar-refractivity contribution in [2.45, 2.75) is 6.92 Å². The summed E-state index contributed by atoms with van der Waals surface area (Å²) in [6, 6.07) is 5.15. The van der Waals surface area contributed by atoms with Crippen LogP contribution in [0, 0.1) is 6.92 Å². The fourth-order valence-corrected chi connectivity index (χ4v) is 1.78. The third-order valence-electron chi connectivity index (χ3n) is 1.92. The molecule has 1 heterocycles. The number of halogens is 2. The molecular weight excluding hydrogens is 235 g/mol. The first-order valence-electron chi connectivity index (χ1n) is 4.22. The summed E-state index contributed by atoms with van der Waals surface area (Å²) in [6.07, 6.45) is 0. The van der Waals surface area contributed by atoms with Gasteiger partial charge in [-0.1, -0.05) is 23.2 Å². The van der Waals surface area contributed by atoms with Crippen LogP contribution in [0.2, 0.25) is 10.0 Å². The van der Waals surface area contributed by atoms with Crippen LogP contribution in [0.5, 0.6) is 0 Å². The number of nitrogen functional groups attached to an aromatic ring is 1. The van der Waals surface area contributed by atoms with Crippen molar-refractivity contribution in [3.05, 3.63) is 34.1 Å². The zero-order chi connectivity index (χ0) is 11.0. The predicted octanol–water partition coefficient (Wildman–Crippen LogP) is 2.46. The summed E-state index contributed by atoms with van der Waals surface area (Å²) in [6.45, 7) is 1.80. The average Bonchev–Trinajstić information content (AvgIpc) is 2.45. The second-order valence-electron chi connectivity index (χ2n) is 3.02. The molecule has 2 N–H and O–H groups in total. The number of benzene rings is 1. The second-order valence-corrected chi connectivity index (χ2v) is 3.87. The molecule has 0 aliphatic rings. The van der Waals surface area contributed by atoms with E-state index in [0.29, 0.717) is 21.6 Å². The van der Waals surface area contributed by atoms with E-state index in [9.17, 15) is 0 Å². The molecule has 4 nitrogen and oxygen atoms in total. The third kappa shape index (κ3) is 1.91. The van der Waals surface area contributed by atoms with Crippen molar-refractivity contribution in [3.63, 3.8) is 0 Å². The van der Waals surface area contributed by atoms with Crippen molar-refractivity contribution >= 4 is 29.2 Å². The van der Waals surface area contributed by atoms with Gasteiger partial charge in [-0.15, -0.1) is 5.10 Å². The summed E-state index contributed by atoms with van der Waals surface area (Å²) in [5, 5.41) is 5.11. The highest BCUT2D eigenvalue weighted by Crippen LogP contribution is 2.24. The molecule has 0 spiro atoms. The first kappa shape index (κ1) is 10.3. The Morgan fingerprint density at radius 2 is 2.07 bits per heavy atom. The second kappa shape index (κ2) is 3.72. The summed E-state index contributed by atoms with van der Waals surface area (Å²) in [5.74, 6) is 0.898. The molecule has 0 aliphatic carbocycles. The van der Waals surface area contributed by atoms with Crippen LogP contribution >= 0.6 is 23.2 Å². The molecule has 0 bridgehead atoms. The fraction of sp³-hybridized carbons (Fsp3) is 0.111. The summed E-state index contributed by atoms with van der Waals surface area (Å²) in [4.78, 5) is 3.99. The van der Waals surface area contributed by atoms with Crippen LogP contribution in [0.3, 0.4) is 0 Å². The van der Waals surface area contributed by atoms with Crippen LogP contribution < -0.4 is 5.73 Å². The minimum Gasteiger partial charge on any atom is -0.366 e. The van der Waals surface area contributed by atoms with E-state index in [1.54, 1.807) is 29.8 Å². The lowest BCUT2D eigenvalue weighted by Crippen LogP contribution is -2.00. The van der Waals surface area contributed by atoms with Gasteiger partial charge in [-0.3, -0.25) is 0 Å². The van der Waals surface area contributed by atoms with Crippen molar-refractivity contribution in [2.24, 2.45) is 0 Å². The fourth-order valence-electron chi connectivity index (χ4n) is 1.29. The van der Waals surface area contributed by atoms with Crippen molar-refractivity contribution in [1.82, 2.24) is 14.8 Å². The minimum atomic E-state index is 0.221. The monoisotopic (exact) mass is 242 g/mol. The number of aryl methyl sites for hydroxylation is 1. The highest BCUT2D eigenvalue weighted by molar-refractivity contribution is 6.35. The Morgan fingerprint density at radius 1 is 1.33 bits per heavy atom. The van der Waals surface area contributed by atoms with Gasteiger partial charge in [0.2, 0.25) is 5.95 Å². The highest BCUT2D eigenvalue weighted by Gasteiger charge is 2.09. The van der Waals surface area contributed by atoms with Crippen LogP contribution in [-0.2, 0) is 0 Å². The van der Waals surface area contributed by atoms with Gasteiger partial charge in [0, 0.05) is 5.02 Å². The van der Waals surface area contributed by atoms with E-state index in [4.69, 9.17) is 28.9 Å². The van der Waals surface area contributed by atoms with Gasteiger partial charge in [0.15, 0.2) is 0 Å². The number of aromatic nitrogens is 3. The van der Waals surface area contributed by atoms with Crippen LogP contribution in [-0.4, -0.2) is 14.8 Å². The molecule has 0 unspecified atom stereocenters. The Bertz CT molecular complexity index is 507. The molecule has 0 saturated heterocycles. The van der Waals surface area contributed by atoms with Crippen LogP contribution in [0.1, 0.15) is 5.82 Å². The van der Waals surface area contributed by atoms with Gasteiger partial charge in [-0.2, -0.15) is 4.98 Å². The Balaban J connectivity index is 2.59. The van der Waals surface area contributed by atoms with Gasteiger partial charge in [0.1, 0.15) is 5.82 Å². The molecule has 0 saturated carbocycles. The van der Waals surface area contributed by atoms with Gasteiger partial charge in [-0.25, -0.2) is 4.68 Å². The first-order chi connectivity index (χ1) is 7.08. The lowest BCUT2D eigenvalue weighted by molar-refractivity contribution is 0.843. The number of rotatable bonds is 1. The molecule has 1 aromatic heterocycles. The Labute approximate surface area is 96.6 Å². The largest absolute Gasteiger partial charge is 0.366 e. The third-order valence-corrected chi connectivity index (χ3v) is 2.46. The van der Waals surface area contributed by atoms with E-state index in [1.165, 1.54) is 0 Å². The summed E-state index contributed by atoms with van der Waals surface area (Å²) < 4.78 is 1.58. The number of nitrogens with zero attached hydrogens (tertiary/aromatic N) is 3. The Morgan fingerprint density at radius 3 is 2.60 bits per heavy atom. The van der Waals surface area contributed by atoms with Crippen molar-refractivity contribution in [3.8, 4) is 5.69 Å². The maximum absolute atomic E-state index is 6.03. The zero-order valence-electron chi connectivity index (χ0n) is 7.91. The van der Waals surface area contributed by atoms with Gasteiger partial charge >= 0.3 is 0 Å². The number of hydrogen-bond acceptors (Lipinski definition) is 3. The molecule has 78 valence electrons. The average molecular weight is 243 g/mol. The molecule has 0 amide bonds. The Hall–Kier alpha value is -1.26. The topological polar surface area (TPSA) is 56.7 Å². The SMILES string of the molecule is Cc1nc(N)nn1-c1ccc(Cl)cc1Cl. The zero-order valence-corrected chi connectivity index (χ0v) is 9.42. The van der Waals surface area contributed by atoms with Crippen molar-refractivity contribution in [2.75, 3.05) is 5.73 Å². The van der Waals surface area contributed by atoms with Crippen LogP contribution in [0.25, 0.3) is 5.69 Å². The van der Waals surface area contributed by atoms with Gasteiger partial charge in [0.25, 0.3) is 0 Å². The van der Waals surface area contributed by atoms with Crippen LogP contribution in [0.15, 0.2) is 18.2 Å². The molecule has 6 heteroatoms. The molecule has 2 aromatic rings. The van der Waals surface area contributed by atoms with Gasteiger partial charge < -0.3 is 5.73 Å². The number of nitrogens with two attached hydrogens (primary N) is 1. The van der Waals surface area contributed by atoms with Gasteiger partial charge in [-0.05, 0) is 25.1 Å². The summed E-state index contributed by atoms with van der Waals surface area (Å²) in [5.41, 5.74) is 6.20. The van der Waals surface area contributed by atoms with Crippen LogP contribution in [0.4, 0.5) is 5.95 Å². The molecule has 15 heavy (non-hydrogen) atoms. The highest BCUT2D eigenvalue weighted by atomic mass is 35.5. The minimum absolute atomic E-state index is 0.221. The normalized spacial score (nSPS) is 10.6. The molecule has 0 aliphatic heterocycles. The quantitative estimate of drug-likeness (QED) is 0.836. The maximum atomic E-state index is 6.03. The van der Waals surface area contributed by atoms with E-state index in [2.05, 4.69) is 10.1 Å². The molecule has 2 rings (SSSR count). The Kier molecular flexibility index (Phi) is 2.54. The van der Waals surface area contributed by atoms with E-state index in [0.717, 1.165) is 0 Å². The molecule has 0 radical (unpaired) electrons. The van der Waals surface area contributed by atoms with E-state index >= 15 is 0 Å². The molecular formula is C9H8Cl2N4. The van der Waals surface area contributed by atoms with E-state index in [-0.39, 0.29) is 5.95 Å². The van der Waals surface area contributed by atoms with E-state index < -0.39 is 0 Å². The van der Waals surface area contributed by atoms with E-state index in [1.807, 2.05) is 0 Å².